The fourth-order valence-electron chi connectivity index (χ4n) is 3.18. The minimum atomic E-state index is -0.136. The topological polar surface area (TPSA) is 80.1 Å². The molecule has 1 N–H and O–H groups in total. The summed E-state index contributed by atoms with van der Waals surface area (Å²) in [6.45, 7) is 1.28. The Hall–Kier alpha value is -3.22. The van der Waals surface area contributed by atoms with Gasteiger partial charge >= 0.3 is 0 Å². The maximum atomic E-state index is 12.3. The van der Waals surface area contributed by atoms with E-state index in [1.807, 2.05) is 48.5 Å². The predicted octanol–water partition coefficient (Wildman–Crippen LogP) is 1.87. The van der Waals surface area contributed by atoms with Crippen LogP contribution in [0.15, 0.2) is 48.5 Å². The minimum absolute atomic E-state index is 0.116. The number of hydrogen-bond acceptors (Lipinski definition) is 4. The Morgan fingerprint density at radius 2 is 2.04 bits per heavy atom. The van der Waals surface area contributed by atoms with Crippen molar-refractivity contribution < 1.29 is 9.59 Å². The van der Waals surface area contributed by atoms with Gasteiger partial charge in [-0.15, -0.1) is 5.10 Å². The van der Waals surface area contributed by atoms with Gasteiger partial charge in [-0.2, -0.15) is 0 Å². The second kappa shape index (κ2) is 6.95. The summed E-state index contributed by atoms with van der Waals surface area (Å²) in [7, 11) is 0. The SMILES string of the molecule is O=C(Cn1nnc2ccccc21)NCc1cccc(N2CCCC2=O)c1. The summed E-state index contributed by atoms with van der Waals surface area (Å²) in [5, 5.41) is 11.0. The normalized spacial score (nSPS) is 14.2. The summed E-state index contributed by atoms with van der Waals surface area (Å²) in [6, 6.07) is 15.3. The number of fused-ring (bicyclic) bond motifs is 1. The highest BCUT2D eigenvalue weighted by molar-refractivity contribution is 5.95. The molecule has 0 saturated carbocycles. The van der Waals surface area contributed by atoms with Crippen LogP contribution in [0.3, 0.4) is 0 Å². The van der Waals surface area contributed by atoms with Crippen molar-refractivity contribution in [3.63, 3.8) is 0 Å². The van der Waals surface area contributed by atoms with Gasteiger partial charge in [0.2, 0.25) is 11.8 Å². The molecule has 1 aliphatic heterocycles. The lowest BCUT2D eigenvalue weighted by atomic mass is 10.2. The third-order valence-electron chi connectivity index (χ3n) is 4.50. The maximum Gasteiger partial charge on any atom is 0.242 e. The lowest BCUT2D eigenvalue weighted by Crippen LogP contribution is -2.28. The van der Waals surface area contributed by atoms with Crippen molar-refractivity contribution in [2.24, 2.45) is 0 Å². The van der Waals surface area contributed by atoms with Gasteiger partial charge in [0.25, 0.3) is 0 Å². The monoisotopic (exact) mass is 349 g/mol. The van der Waals surface area contributed by atoms with E-state index in [-0.39, 0.29) is 18.4 Å². The first-order valence-corrected chi connectivity index (χ1v) is 8.65. The van der Waals surface area contributed by atoms with Crippen LogP contribution in [0, 0.1) is 0 Å². The van der Waals surface area contributed by atoms with Gasteiger partial charge in [-0.25, -0.2) is 4.68 Å². The second-order valence-electron chi connectivity index (χ2n) is 6.33. The molecule has 1 aliphatic rings. The van der Waals surface area contributed by atoms with Crippen LogP contribution in [0.5, 0.6) is 0 Å². The molecule has 4 rings (SSSR count). The van der Waals surface area contributed by atoms with Crippen molar-refractivity contribution >= 4 is 28.5 Å². The number of carbonyl (C=O) groups excluding carboxylic acids is 2. The number of para-hydroxylation sites is 1. The highest BCUT2D eigenvalue weighted by Crippen LogP contribution is 2.22. The van der Waals surface area contributed by atoms with Crippen LogP contribution in [0.4, 0.5) is 5.69 Å². The Kier molecular flexibility index (Phi) is 4.35. The number of rotatable bonds is 5. The quantitative estimate of drug-likeness (QED) is 0.763. The summed E-state index contributed by atoms with van der Waals surface area (Å²) in [4.78, 5) is 25.9. The van der Waals surface area contributed by atoms with E-state index in [2.05, 4.69) is 15.6 Å². The van der Waals surface area contributed by atoms with Crippen LogP contribution in [0.1, 0.15) is 18.4 Å². The lowest BCUT2D eigenvalue weighted by molar-refractivity contribution is -0.122. The highest BCUT2D eigenvalue weighted by atomic mass is 16.2. The van der Waals surface area contributed by atoms with E-state index >= 15 is 0 Å². The largest absolute Gasteiger partial charge is 0.350 e. The highest BCUT2D eigenvalue weighted by Gasteiger charge is 2.21. The zero-order chi connectivity index (χ0) is 17.9. The Labute approximate surface area is 150 Å². The summed E-state index contributed by atoms with van der Waals surface area (Å²) in [6.07, 6.45) is 1.50. The molecule has 0 unspecified atom stereocenters. The van der Waals surface area contributed by atoms with Crippen molar-refractivity contribution in [2.45, 2.75) is 25.9 Å². The molecule has 3 aromatic rings. The molecule has 2 heterocycles. The van der Waals surface area contributed by atoms with Crippen LogP contribution in [-0.4, -0.2) is 33.4 Å². The van der Waals surface area contributed by atoms with Gasteiger partial charge in [0.05, 0.1) is 5.52 Å². The van der Waals surface area contributed by atoms with Crippen molar-refractivity contribution in [1.82, 2.24) is 20.3 Å². The van der Waals surface area contributed by atoms with Crippen molar-refractivity contribution in [2.75, 3.05) is 11.4 Å². The van der Waals surface area contributed by atoms with Gasteiger partial charge in [-0.05, 0) is 36.2 Å². The zero-order valence-corrected chi connectivity index (χ0v) is 14.3. The van der Waals surface area contributed by atoms with Gasteiger partial charge in [-0.3, -0.25) is 9.59 Å². The van der Waals surface area contributed by atoms with Gasteiger partial charge in [0.1, 0.15) is 12.1 Å². The Bertz CT molecular complexity index is 965. The molecule has 0 aliphatic carbocycles. The molecule has 1 fully saturated rings. The molecule has 1 aromatic heterocycles. The van der Waals surface area contributed by atoms with E-state index in [4.69, 9.17) is 0 Å². The van der Waals surface area contributed by atoms with Crippen LogP contribution in [0.2, 0.25) is 0 Å². The fraction of sp³-hybridized carbons (Fsp3) is 0.263. The summed E-state index contributed by atoms with van der Waals surface area (Å²) < 4.78 is 1.59. The third kappa shape index (κ3) is 3.28. The lowest BCUT2D eigenvalue weighted by Gasteiger charge is -2.16. The van der Waals surface area contributed by atoms with Gasteiger partial charge < -0.3 is 10.2 Å². The number of hydrogen-bond donors (Lipinski definition) is 1. The van der Waals surface area contributed by atoms with Crippen molar-refractivity contribution in [1.29, 1.82) is 0 Å². The Balaban J connectivity index is 1.39. The third-order valence-corrected chi connectivity index (χ3v) is 4.50. The number of nitrogens with one attached hydrogen (secondary N) is 1. The predicted molar refractivity (Wildman–Crippen MR) is 97.4 cm³/mol. The van der Waals surface area contributed by atoms with Gasteiger partial charge in [-0.1, -0.05) is 29.5 Å². The van der Waals surface area contributed by atoms with Crippen LogP contribution in [-0.2, 0) is 22.7 Å². The number of aromatic nitrogens is 3. The number of amides is 2. The van der Waals surface area contributed by atoms with Crippen LogP contribution < -0.4 is 10.2 Å². The molecule has 2 amide bonds. The van der Waals surface area contributed by atoms with E-state index in [9.17, 15) is 9.59 Å². The molecule has 132 valence electrons. The van der Waals surface area contributed by atoms with Crippen LogP contribution in [0.25, 0.3) is 11.0 Å². The first-order valence-electron chi connectivity index (χ1n) is 8.65. The Morgan fingerprint density at radius 1 is 1.15 bits per heavy atom. The number of benzene rings is 2. The average molecular weight is 349 g/mol. The summed E-state index contributed by atoms with van der Waals surface area (Å²) in [5.41, 5.74) is 3.45. The molecule has 0 radical (unpaired) electrons. The second-order valence-corrected chi connectivity index (χ2v) is 6.33. The molecule has 0 bridgehead atoms. The van der Waals surface area contributed by atoms with E-state index in [0.29, 0.717) is 13.0 Å². The maximum absolute atomic E-state index is 12.3. The fourth-order valence-corrected chi connectivity index (χ4v) is 3.18. The van der Waals surface area contributed by atoms with E-state index in [1.54, 1.807) is 9.58 Å². The molecule has 1 saturated heterocycles. The molecular weight excluding hydrogens is 330 g/mol. The first-order chi connectivity index (χ1) is 12.7. The molecule has 26 heavy (non-hydrogen) atoms. The first kappa shape index (κ1) is 16.3. The zero-order valence-electron chi connectivity index (χ0n) is 14.3. The van der Waals surface area contributed by atoms with Crippen molar-refractivity contribution in [3.8, 4) is 0 Å². The van der Waals surface area contributed by atoms with Gasteiger partial charge in [0, 0.05) is 25.2 Å². The molecule has 7 heteroatoms. The van der Waals surface area contributed by atoms with E-state index < -0.39 is 0 Å². The number of anilines is 1. The summed E-state index contributed by atoms with van der Waals surface area (Å²) in [5.74, 6) is 0.0209. The molecule has 7 nitrogen and oxygen atoms in total. The molecule has 2 aromatic carbocycles. The summed E-state index contributed by atoms with van der Waals surface area (Å²) >= 11 is 0. The Morgan fingerprint density at radius 3 is 2.88 bits per heavy atom. The van der Waals surface area contributed by atoms with E-state index in [0.717, 1.165) is 35.2 Å². The van der Waals surface area contributed by atoms with Crippen LogP contribution >= 0.6 is 0 Å². The molecule has 0 atom stereocenters. The average Bonchev–Trinajstić information content (AvgIpc) is 3.27. The minimum Gasteiger partial charge on any atom is -0.350 e. The van der Waals surface area contributed by atoms with Crippen molar-refractivity contribution in [3.05, 3.63) is 54.1 Å². The van der Waals surface area contributed by atoms with Gasteiger partial charge in [0.15, 0.2) is 0 Å². The molecular formula is C19H19N5O2. The standard InChI is InChI=1S/C19H19N5O2/c25-18(13-24-17-8-2-1-7-16(17)21-22-24)20-12-14-5-3-6-15(11-14)23-10-4-9-19(23)26/h1-3,5-8,11H,4,9-10,12-13H2,(H,20,25). The number of carbonyl (C=O) groups is 2. The van der Waals surface area contributed by atoms with E-state index in [1.165, 1.54) is 0 Å². The number of nitrogens with zero attached hydrogens (tertiary/aromatic N) is 4. The molecule has 0 spiro atoms. The smallest absolute Gasteiger partial charge is 0.242 e.